The highest BCUT2D eigenvalue weighted by Crippen LogP contribution is 2.36. The number of esters is 1. The first-order chi connectivity index (χ1) is 16.5. The van der Waals surface area contributed by atoms with Crippen molar-refractivity contribution in [2.24, 2.45) is 0 Å². The van der Waals surface area contributed by atoms with Crippen molar-refractivity contribution in [2.45, 2.75) is 86.4 Å². The van der Waals surface area contributed by atoms with Gasteiger partial charge in [-0.15, -0.1) is 0 Å². The number of carbonyl (C=O) groups is 2. The highest BCUT2D eigenvalue weighted by atomic mass is 16.7. The van der Waals surface area contributed by atoms with Crippen LogP contribution in [0.4, 0.5) is 5.69 Å². The molecule has 0 spiro atoms. The van der Waals surface area contributed by atoms with Gasteiger partial charge in [0.2, 0.25) is 5.76 Å². The second-order valence-corrected chi connectivity index (χ2v) is 8.78. The SMILES string of the molecule is C=O.CC.CCC.COC(=O)c1cc(CCNc2ccc(B3OC(C)(C)C(C)(C)O3)cc2)c(C)o1. The maximum absolute atomic E-state index is 11.5. The third kappa shape index (κ3) is 9.19. The normalized spacial score (nSPS) is 14.9. The second kappa shape index (κ2) is 15.4. The van der Waals surface area contributed by atoms with Crippen LogP contribution in [0.2, 0.25) is 0 Å². The highest BCUT2D eigenvalue weighted by molar-refractivity contribution is 6.62. The van der Waals surface area contributed by atoms with Gasteiger partial charge in [-0.25, -0.2) is 4.79 Å². The molecular weight excluding hydrogens is 445 g/mol. The van der Waals surface area contributed by atoms with Gasteiger partial charge in [0.25, 0.3) is 0 Å². The van der Waals surface area contributed by atoms with Crippen LogP contribution in [-0.2, 0) is 25.3 Å². The standard InChI is InChI=1S/C21H28BNO5.C3H8.C2H6.CH2O/c1-14-15(13-18(26-14)19(24)25-6)11-12-23-17-9-7-16(8-10-17)22-27-20(2,3)21(4,5)28-22;1-3-2;2*1-2/h7-10,13,23H,11-12H2,1-6H3;3H2,1-2H3;1-2H3;1H2. The van der Waals surface area contributed by atoms with Crippen molar-refractivity contribution < 1.29 is 28.1 Å². The number of anilines is 1. The lowest BCUT2D eigenvalue weighted by Gasteiger charge is -2.32. The van der Waals surface area contributed by atoms with E-state index in [1.165, 1.54) is 13.5 Å². The Morgan fingerprint density at radius 1 is 1.03 bits per heavy atom. The topological polar surface area (TPSA) is 87.0 Å². The van der Waals surface area contributed by atoms with Crippen LogP contribution < -0.4 is 10.8 Å². The van der Waals surface area contributed by atoms with Crippen LogP contribution in [0.1, 0.15) is 83.7 Å². The van der Waals surface area contributed by atoms with E-state index in [-0.39, 0.29) is 24.1 Å². The molecule has 0 atom stereocenters. The molecule has 1 fully saturated rings. The van der Waals surface area contributed by atoms with Crippen molar-refractivity contribution in [3.05, 3.63) is 47.4 Å². The molecule has 1 saturated heterocycles. The van der Waals surface area contributed by atoms with Gasteiger partial charge in [-0.05, 0) is 70.3 Å². The quantitative estimate of drug-likeness (QED) is 0.418. The third-order valence-corrected chi connectivity index (χ3v) is 5.57. The van der Waals surface area contributed by atoms with Crippen molar-refractivity contribution in [3.63, 3.8) is 0 Å². The predicted molar refractivity (Wildman–Crippen MR) is 144 cm³/mol. The molecule has 8 heteroatoms. The molecule has 2 heterocycles. The van der Waals surface area contributed by atoms with E-state index < -0.39 is 5.97 Å². The first-order valence-electron chi connectivity index (χ1n) is 12.2. The first-order valence-corrected chi connectivity index (χ1v) is 12.2. The molecule has 0 radical (unpaired) electrons. The fraction of sp³-hybridized carbons (Fsp3) is 0.556. The molecule has 0 bridgehead atoms. The Bertz CT molecular complexity index is 860. The molecule has 1 aliphatic rings. The van der Waals surface area contributed by atoms with Crippen LogP contribution in [0.25, 0.3) is 0 Å². The Balaban J connectivity index is 0.00000150. The number of hydrogen-bond donors (Lipinski definition) is 1. The summed E-state index contributed by atoms with van der Waals surface area (Å²) in [6, 6.07) is 9.81. The number of aryl methyl sites for hydroxylation is 1. The van der Waals surface area contributed by atoms with Crippen molar-refractivity contribution in [1.29, 1.82) is 0 Å². The molecule has 0 amide bonds. The van der Waals surface area contributed by atoms with Crippen molar-refractivity contribution in [1.82, 2.24) is 0 Å². The van der Waals surface area contributed by atoms with Crippen LogP contribution in [0.5, 0.6) is 0 Å². The summed E-state index contributed by atoms with van der Waals surface area (Å²) in [4.78, 5) is 19.5. The number of rotatable bonds is 6. The summed E-state index contributed by atoms with van der Waals surface area (Å²) in [7, 11) is 0.985. The van der Waals surface area contributed by atoms with Gasteiger partial charge in [0, 0.05) is 12.2 Å². The van der Waals surface area contributed by atoms with Crippen molar-refractivity contribution in [3.8, 4) is 0 Å². The van der Waals surface area contributed by atoms with Crippen LogP contribution in [0.3, 0.4) is 0 Å². The van der Waals surface area contributed by atoms with Crippen molar-refractivity contribution >= 4 is 31.0 Å². The summed E-state index contributed by atoms with van der Waals surface area (Å²) in [6.07, 6.45) is 1.99. The smallest absolute Gasteiger partial charge is 0.463 e. The zero-order valence-corrected chi connectivity index (χ0v) is 23.2. The molecule has 196 valence electrons. The minimum absolute atomic E-state index is 0.238. The van der Waals surface area contributed by atoms with Crippen LogP contribution in [0, 0.1) is 6.92 Å². The van der Waals surface area contributed by atoms with Gasteiger partial charge < -0.3 is 28.6 Å². The molecule has 1 aromatic carbocycles. The largest absolute Gasteiger partial charge is 0.494 e. The molecular formula is C27H44BNO6. The fourth-order valence-corrected chi connectivity index (χ4v) is 3.05. The maximum Gasteiger partial charge on any atom is 0.494 e. The van der Waals surface area contributed by atoms with E-state index in [0.29, 0.717) is 0 Å². The molecule has 1 aromatic heterocycles. The predicted octanol–water partition coefficient (Wildman–Crippen LogP) is 5.59. The molecule has 2 aromatic rings. The maximum atomic E-state index is 11.5. The van der Waals surface area contributed by atoms with Gasteiger partial charge in [-0.1, -0.05) is 46.2 Å². The van der Waals surface area contributed by atoms with E-state index in [1.807, 2.05) is 79.5 Å². The number of benzene rings is 1. The van der Waals surface area contributed by atoms with Crippen LogP contribution >= 0.6 is 0 Å². The van der Waals surface area contributed by atoms with Gasteiger partial charge in [-0.2, -0.15) is 0 Å². The van der Waals surface area contributed by atoms with E-state index in [4.69, 9.17) is 18.5 Å². The van der Waals surface area contributed by atoms with E-state index >= 15 is 0 Å². The molecule has 0 unspecified atom stereocenters. The lowest BCUT2D eigenvalue weighted by atomic mass is 9.79. The summed E-state index contributed by atoms with van der Waals surface area (Å²) in [5.74, 6) is 0.515. The average molecular weight is 489 g/mol. The number of carbonyl (C=O) groups excluding carboxylic acids is 2. The van der Waals surface area contributed by atoms with E-state index in [0.717, 1.165) is 35.4 Å². The number of hydrogen-bond acceptors (Lipinski definition) is 7. The molecule has 7 nitrogen and oxygen atoms in total. The zero-order chi connectivity index (χ0) is 27.2. The van der Waals surface area contributed by atoms with Gasteiger partial charge in [0.15, 0.2) is 0 Å². The summed E-state index contributed by atoms with van der Waals surface area (Å²) >= 11 is 0. The Morgan fingerprint density at radius 2 is 1.51 bits per heavy atom. The Hall–Kier alpha value is -2.58. The van der Waals surface area contributed by atoms with E-state index in [9.17, 15) is 4.79 Å². The van der Waals surface area contributed by atoms with Crippen LogP contribution in [0.15, 0.2) is 34.7 Å². The molecule has 1 aliphatic heterocycles. The Morgan fingerprint density at radius 3 is 1.97 bits per heavy atom. The second-order valence-electron chi connectivity index (χ2n) is 8.78. The lowest BCUT2D eigenvalue weighted by molar-refractivity contribution is -0.0980. The number of ether oxygens (including phenoxy) is 1. The van der Waals surface area contributed by atoms with E-state index in [1.54, 1.807) is 6.07 Å². The molecule has 1 N–H and O–H groups in total. The third-order valence-electron chi connectivity index (χ3n) is 5.57. The van der Waals surface area contributed by atoms with Gasteiger partial charge in [-0.3, -0.25) is 0 Å². The number of furan rings is 1. The zero-order valence-electron chi connectivity index (χ0n) is 23.2. The minimum atomic E-state index is -0.458. The Labute approximate surface area is 212 Å². The van der Waals surface area contributed by atoms with E-state index in [2.05, 4.69) is 23.9 Å². The highest BCUT2D eigenvalue weighted by Gasteiger charge is 2.51. The molecule has 35 heavy (non-hydrogen) atoms. The molecule has 3 rings (SSSR count). The fourth-order valence-electron chi connectivity index (χ4n) is 3.05. The lowest BCUT2D eigenvalue weighted by Crippen LogP contribution is -2.41. The first kappa shape index (κ1) is 32.4. The molecule has 0 aliphatic carbocycles. The number of nitrogens with one attached hydrogen (secondary N) is 1. The van der Waals surface area contributed by atoms with Gasteiger partial charge in [0.1, 0.15) is 12.5 Å². The number of methoxy groups -OCH3 is 1. The van der Waals surface area contributed by atoms with Crippen LogP contribution in [-0.4, -0.2) is 44.7 Å². The Kier molecular flexibility index (Phi) is 14.3. The summed E-state index contributed by atoms with van der Waals surface area (Å²) in [5.41, 5.74) is 2.30. The van der Waals surface area contributed by atoms with Gasteiger partial charge >= 0.3 is 13.1 Å². The molecule has 0 saturated carbocycles. The summed E-state index contributed by atoms with van der Waals surface area (Å²) in [5, 5.41) is 3.38. The minimum Gasteiger partial charge on any atom is -0.463 e. The van der Waals surface area contributed by atoms with Crippen molar-refractivity contribution in [2.75, 3.05) is 19.0 Å². The van der Waals surface area contributed by atoms with Gasteiger partial charge in [0.05, 0.1) is 18.3 Å². The summed E-state index contributed by atoms with van der Waals surface area (Å²) in [6.45, 7) is 21.0. The average Bonchev–Trinajstić information content (AvgIpc) is 3.32. The summed E-state index contributed by atoms with van der Waals surface area (Å²) < 4.78 is 22.3. The monoisotopic (exact) mass is 489 g/mol.